The molecule has 1 aliphatic rings. The minimum atomic E-state index is -1.32. The minimum Gasteiger partial charge on any atom is -0.445 e. The van der Waals surface area contributed by atoms with Crippen LogP contribution in [0, 0.1) is 0 Å². The smallest absolute Gasteiger partial charge is 0.407 e. The summed E-state index contributed by atoms with van der Waals surface area (Å²) in [5.41, 5.74) is 0.844. The molecular formula is C32H56N2O6. The summed E-state index contributed by atoms with van der Waals surface area (Å²) in [4.78, 5) is 12.4. The molecule has 0 spiro atoms. The topological polar surface area (TPSA) is 120 Å². The van der Waals surface area contributed by atoms with E-state index in [2.05, 4.69) is 17.6 Å². The van der Waals surface area contributed by atoms with Gasteiger partial charge in [-0.3, -0.25) is 5.32 Å². The van der Waals surface area contributed by atoms with Crippen LogP contribution in [0.25, 0.3) is 0 Å². The number of hydrogen-bond donors (Lipinski definition) is 5. The summed E-state index contributed by atoms with van der Waals surface area (Å²) in [5, 5.41) is 36.4. The molecule has 0 saturated carbocycles. The van der Waals surface area contributed by atoms with E-state index in [0.29, 0.717) is 6.54 Å². The van der Waals surface area contributed by atoms with E-state index >= 15 is 0 Å². The van der Waals surface area contributed by atoms with Gasteiger partial charge in [0.2, 0.25) is 0 Å². The number of alkyl carbamates (subject to hydrolysis) is 1. The van der Waals surface area contributed by atoms with E-state index in [0.717, 1.165) is 18.4 Å². The van der Waals surface area contributed by atoms with Crippen LogP contribution in [-0.4, -0.2) is 65.1 Å². The first-order valence-electron chi connectivity index (χ1n) is 15.9. The number of benzene rings is 1. The Hall–Kier alpha value is -1.71. The van der Waals surface area contributed by atoms with Crippen molar-refractivity contribution in [3.05, 3.63) is 35.9 Å². The fourth-order valence-corrected chi connectivity index (χ4v) is 5.27. The van der Waals surface area contributed by atoms with Crippen LogP contribution in [0.4, 0.5) is 4.79 Å². The molecule has 8 heteroatoms. The van der Waals surface area contributed by atoms with Crippen LogP contribution in [0.5, 0.6) is 0 Å². The third kappa shape index (κ3) is 14.3. The molecule has 230 valence electrons. The highest BCUT2D eigenvalue weighted by Gasteiger charge is 2.45. The quantitative estimate of drug-likeness (QED) is 0.117. The van der Waals surface area contributed by atoms with Gasteiger partial charge in [0.05, 0.1) is 6.61 Å². The standard InChI is InChI=1S/C32H56N2O6/c1-2-3-4-5-6-7-8-9-10-11-12-13-14-15-16-20-23-33-31-28(30(37)29(36)27(24-35)40-31)34-32(38)39-25-26-21-18-17-19-22-26/h17-19,21-22,27-31,33,35-37H,2-16,20,23-25H2,1H3,(H,34,38)/t27-,28-,29+,30-,31-/m1/s1. The highest BCUT2D eigenvalue weighted by Crippen LogP contribution is 2.21. The molecular weight excluding hydrogens is 508 g/mol. The summed E-state index contributed by atoms with van der Waals surface area (Å²) >= 11 is 0. The molecule has 0 radical (unpaired) electrons. The van der Waals surface area contributed by atoms with Crippen LogP contribution in [0.3, 0.4) is 0 Å². The molecule has 0 aliphatic carbocycles. The second kappa shape index (κ2) is 22.0. The Morgan fingerprint density at radius 3 is 1.85 bits per heavy atom. The largest absolute Gasteiger partial charge is 0.445 e. The second-order valence-electron chi connectivity index (χ2n) is 11.2. The fraction of sp³-hybridized carbons (Fsp3) is 0.781. The lowest BCUT2D eigenvalue weighted by molar-refractivity contribution is -0.200. The second-order valence-corrected chi connectivity index (χ2v) is 11.2. The van der Waals surface area contributed by atoms with Gasteiger partial charge in [0.25, 0.3) is 0 Å². The molecule has 5 atom stereocenters. The Balaban J connectivity index is 1.56. The monoisotopic (exact) mass is 564 g/mol. The molecule has 5 N–H and O–H groups in total. The lowest BCUT2D eigenvalue weighted by atomic mass is 9.96. The predicted octanol–water partition coefficient (Wildman–Crippen LogP) is 5.57. The molecule has 1 amide bonds. The van der Waals surface area contributed by atoms with E-state index < -0.39 is 43.3 Å². The van der Waals surface area contributed by atoms with Gasteiger partial charge >= 0.3 is 6.09 Å². The van der Waals surface area contributed by atoms with Crippen molar-refractivity contribution >= 4 is 6.09 Å². The zero-order valence-electron chi connectivity index (χ0n) is 24.8. The van der Waals surface area contributed by atoms with Crippen molar-refractivity contribution in [1.29, 1.82) is 0 Å². The molecule has 40 heavy (non-hydrogen) atoms. The van der Waals surface area contributed by atoms with Gasteiger partial charge in [-0.15, -0.1) is 0 Å². The Kier molecular flexibility index (Phi) is 18.9. The van der Waals surface area contributed by atoms with Crippen molar-refractivity contribution in [3.63, 3.8) is 0 Å². The average molecular weight is 565 g/mol. The number of ether oxygens (including phenoxy) is 2. The van der Waals surface area contributed by atoms with E-state index in [1.807, 2.05) is 30.3 Å². The van der Waals surface area contributed by atoms with Gasteiger partial charge < -0.3 is 30.1 Å². The molecule has 0 unspecified atom stereocenters. The number of aliphatic hydroxyl groups excluding tert-OH is 3. The highest BCUT2D eigenvalue weighted by molar-refractivity contribution is 5.67. The fourth-order valence-electron chi connectivity index (χ4n) is 5.27. The summed E-state index contributed by atoms with van der Waals surface area (Å²) in [6.45, 7) is 2.57. The number of amides is 1. The Bertz CT molecular complexity index is 752. The van der Waals surface area contributed by atoms with Gasteiger partial charge in [0, 0.05) is 0 Å². The van der Waals surface area contributed by atoms with Crippen LogP contribution in [0.2, 0.25) is 0 Å². The summed E-state index contributed by atoms with van der Waals surface area (Å²) in [6.07, 6.45) is 15.8. The number of hydrogen-bond acceptors (Lipinski definition) is 7. The van der Waals surface area contributed by atoms with E-state index in [1.165, 1.54) is 89.9 Å². The van der Waals surface area contributed by atoms with Gasteiger partial charge in [0.15, 0.2) is 0 Å². The third-order valence-electron chi connectivity index (χ3n) is 7.80. The maximum Gasteiger partial charge on any atom is 0.407 e. The zero-order chi connectivity index (χ0) is 28.8. The molecule has 1 aromatic rings. The number of rotatable bonds is 22. The van der Waals surface area contributed by atoms with Crippen LogP contribution in [0.1, 0.15) is 115 Å². The molecule has 1 aromatic carbocycles. The van der Waals surface area contributed by atoms with Gasteiger partial charge in [-0.05, 0) is 18.5 Å². The molecule has 8 nitrogen and oxygen atoms in total. The molecule has 0 aromatic heterocycles. The summed E-state index contributed by atoms with van der Waals surface area (Å²) in [5.74, 6) is 0. The van der Waals surface area contributed by atoms with Crippen molar-refractivity contribution in [2.24, 2.45) is 0 Å². The number of nitrogens with one attached hydrogen (secondary N) is 2. The number of carbonyl (C=O) groups excluding carboxylic acids is 1. The average Bonchev–Trinajstić information content (AvgIpc) is 2.97. The molecule has 0 bridgehead atoms. The molecule has 2 rings (SSSR count). The van der Waals surface area contributed by atoms with Crippen molar-refractivity contribution in [1.82, 2.24) is 10.6 Å². The maximum absolute atomic E-state index is 12.4. The maximum atomic E-state index is 12.4. The van der Waals surface area contributed by atoms with Crippen molar-refractivity contribution < 1.29 is 29.6 Å². The van der Waals surface area contributed by atoms with E-state index in [-0.39, 0.29) is 6.61 Å². The number of carbonyl (C=O) groups is 1. The number of unbranched alkanes of at least 4 members (excludes halogenated alkanes) is 15. The van der Waals surface area contributed by atoms with Crippen LogP contribution >= 0.6 is 0 Å². The first kappa shape index (κ1) is 34.5. The minimum absolute atomic E-state index is 0.0927. The molecule has 1 heterocycles. The number of aliphatic hydroxyl groups is 3. The van der Waals surface area contributed by atoms with Gasteiger partial charge in [-0.25, -0.2) is 4.79 Å². The van der Waals surface area contributed by atoms with Crippen molar-refractivity contribution in [2.45, 2.75) is 147 Å². The lowest BCUT2D eigenvalue weighted by Gasteiger charge is -2.42. The van der Waals surface area contributed by atoms with E-state index in [1.54, 1.807) is 0 Å². The van der Waals surface area contributed by atoms with Crippen molar-refractivity contribution in [2.75, 3.05) is 13.2 Å². The van der Waals surface area contributed by atoms with Gasteiger partial charge in [0.1, 0.15) is 37.2 Å². The van der Waals surface area contributed by atoms with Gasteiger partial charge in [-0.1, -0.05) is 134 Å². The normalized spacial score (nSPS) is 22.8. The van der Waals surface area contributed by atoms with E-state index in [4.69, 9.17) is 9.47 Å². The lowest BCUT2D eigenvalue weighted by Crippen LogP contribution is -2.67. The van der Waals surface area contributed by atoms with E-state index in [9.17, 15) is 20.1 Å². The Morgan fingerprint density at radius 2 is 1.32 bits per heavy atom. The predicted molar refractivity (Wildman–Crippen MR) is 159 cm³/mol. The van der Waals surface area contributed by atoms with Gasteiger partial charge in [-0.2, -0.15) is 0 Å². The highest BCUT2D eigenvalue weighted by atomic mass is 16.6. The van der Waals surface area contributed by atoms with Crippen LogP contribution in [0.15, 0.2) is 30.3 Å². The van der Waals surface area contributed by atoms with Crippen LogP contribution < -0.4 is 10.6 Å². The summed E-state index contributed by atoms with van der Waals surface area (Å²) in [7, 11) is 0. The first-order chi connectivity index (χ1) is 19.6. The summed E-state index contributed by atoms with van der Waals surface area (Å²) in [6, 6.07) is 8.39. The van der Waals surface area contributed by atoms with Crippen molar-refractivity contribution in [3.8, 4) is 0 Å². The zero-order valence-corrected chi connectivity index (χ0v) is 24.8. The summed E-state index contributed by atoms with van der Waals surface area (Å²) < 4.78 is 11.1. The first-order valence-corrected chi connectivity index (χ1v) is 15.9. The third-order valence-corrected chi connectivity index (χ3v) is 7.80. The SMILES string of the molecule is CCCCCCCCCCCCCCCCCCN[C@@H]1O[C@H](CO)[C@H](O)[C@H](O)[C@H]1NC(=O)OCc1ccccc1. The molecule has 1 saturated heterocycles. The molecule has 1 aliphatic heterocycles. The van der Waals surface area contributed by atoms with Crippen LogP contribution in [-0.2, 0) is 16.1 Å². The Labute approximate surface area is 242 Å². The molecule has 1 fully saturated rings. The Morgan fingerprint density at radius 1 is 0.800 bits per heavy atom.